The number of nitrogens with one attached hydrogen (secondary N) is 1. The van der Waals surface area contributed by atoms with Crippen LogP contribution in [-0.2, 0) is 10.0 Å². The predicted molar refractivity (Wildman–Crippen MR) is 87.8 cm³/mol. The summed E-state index contributed by atoms with van der Waals surface area (Å²) in [7, 11) is -1.81. The molecule has 5 nitrogen and oxygen atoms in total. The average molecular weight is 326 g/mol. The SMILES string of the molecule is CCNCC1CCN(S(=O)(=O)c2ccc(OC)c(C)c2)CC1. The summed E-state index contributed by atoms with van der Waals surface area (Å²) in [5.74, 6) is 1.28. The van der Waals surface area contributed by atoms with Gasteiger partial charge in [-0.25, -0.2) is 8.42 Å². The number of benzene rings is 1. The van der Waals surface area contributed by atoms with Gasteiger partial charge in [-0.15, -0.1) is 0 Å². The van der Waals surface area contributed by atoms with E-state index in [1.807, 2.05) is 6.92 Å². The van der Waals surface area contributed by atoms with E-state index in [-0.39, 0.29) is 0 Å². The Labute approximate surface area is 133 Å². The van der Waals surface area contributed by atoms with Crippen molar-refractivity contribution >= 4 is 10.0 Å². The third kappa shape index (κ3) is 3.80. The van der Waals surface area contributed by atoms with Crippen LogP contribution >= 0.6 is 0 Å². The molecule has 22 heavy (non-hydrogen) atoms. The largest absolute Gasteiger partial charge is 0.496 e. The molecule has 1 saturated heterocycles. The van der Waals surface area contributed by atoms with Gasteiger partial charge in [0.15, 0.2) is 0 Å². The number of piperidine rings is 1. The number of sulfonamides is 1. The molecule has 1 fully saturated rings. The summed E-state index contributed by atoms with van der Waals surface area (Å²) < 4.78 is 32.3. The van der Waals surface area contributed by atoms with Gasteiger partial charge in [0.05, 0.1) is 12.0 Å². The molecule has 1 aliphatic rings. The number of ether oxygens (including phenoxy) is 1. The minimum absolute atomic E-state index is 0.357. The lowest BCUT2D eigenvalue weighted by atomic mass is 9.98. The molecule has 1 N–H and O–H groups in total. The van der Waals surface area contributed by atoms with E-state index in [0.717, 1.165) is 31.5 Å². The van der Waals surface area contributed by atoms with Gasteiger partial charge in [0, 0.05) is 13.1 Å². The van der Waals surface area contributed by atoms with Crippen molar-refractivity contribution in [3.8, 4) is 5.75 Å². The smallest absolute Gasteiger partial charge is 0.243 e. The van der Waals surface area contributed by atoms with E-state index in [4.69, 9.17) is 4.74 Å². The molecule has 0 atom stereocenters. The van der Waals surface area contributed by atoms with Crippen molar-refractivity contribution in [2.45, 2.75) is 31.6 Å². The fraction of sp³-hybridized carbons (Fsp3) is 0.625. The number of methoxy groups -OCH3 is 1. The van der Waals surface area contributed by atoms with Crippen molar-refractivity contribution < 1.29 is 13.2 Å². The van der Waals surface area contributed by atoms with Crippen molar-refractivity contribution in [2.24, 2.45) is 5.92 Å². The Morgan fingerprint density at radius 3 is 2.55 bits per heavy atom. The molecule has 0 saturated carbocycles. The van der Waals surface area contributed by atoms with Gasteiger partial charge in [-0.05, 0) is 62.5 Å². The predicted octanol–water partition coefficient (Wildman–Crippen LogP) is 2.01. The lowest BCUT2D eigenvalue weighted by molar-refractivity contribution is 0.268. The van der Waals surface area contributed by atoms with E-state index >= 15 is 0 Å². The van der Waals surface area contributed by atoms with Crippen LogP contribution in [0.1, 0.15) is 25.3 Å². The molecule has 1 heterocycles. The maximum absolute atomic E-state index is 12.7. The summed E-state index contributed by atoms with van der Waals surface area (Å²) in [6, 6.07) is 5.05. The Morgan fingerprint density at radius 2 is 2.00 bits per heavy atom. The molecule has 2 rings (SSSR count). The maximum Gasteiger partial charge on any atom is 0.243 e. The first-order valence-corrected chi connectivity index (χ1v) is 9.28. The molecular weight excluding hydrogens is 300 g/mol. The molecule has 0 radical (unpaired) electrons. The molecule has 0 spiro atoms. The van der Waals surface area contributed by atoms with Crippen LogP contribution < -0.4 is 10.1 Å². The van der Waals surface area contributed by atoms with Crippen molar-refractivity contribution in [2.75, 3.05) is 33.3 Å². The third-order valence-electron chi connectivity index (χ3n) is 4.26. The summed E-state index contributed by atoms with van der Waals surface area (Å²) in [6.45, 7) is 7.09. The second kappa shape index (κ2) is 7.44. The molecular formula is C16H26N2O3S. The van der Waals surface area contributed by atoms with Crippen LogP contribution in [0, 0.1) is 12.8 Å². The first kappa shape index (κ1) is 17.2. The highest BCUT2D eigenvalue weighted by Gasteiger charge is 2.29. The number of rotatable bonds is 6. The van der Waals surface area contributed by atoms with Gasteiger partial charge in [-0.2, -0.15) is 4.31 Å². The Kier molecular flexibility index (Phi) is 5.83. The molecule has 0 amide bonds. The lowest BCUT2D eigenvalue weighted by Crippen LogP contribution is -2.40. The zero-order chi connectivity index (χ0) is 16.2. The molecule has 0 aromatic heterocycles. The fourth-order valence-corrected chi connectivity index (χ4v) is 4.42. The summed E-state index contributed by atoms with van der Waals surface area (Å²) in [4.78, 5) is 0.357. The van der Waals surface area contributed by atoms with Crippen LogP contribution in [0.4, 0.5) is 0 Å². The second-order valence-electron chi connectivity index (χ2n) is 5.79. The molecule has 1 aromatic carbocycles. The lowest BCUT2D eigenvalue weighted by Gasteiger charge is -2.31. The Morgan fingerprint density at radius 1 is 1.32 bits per heavy atom. The van der Waals surface area contributed by atoms with Crippen LogP contribution in [0.3, 0.4) is 0 Å². The first-order chi connectivity index (χ1) is 10.5. The third-order valence-corrected chi connectivity index (χ3v) is 6.16. The van der Waals surface area contributed by atoms with Gasteiger partial charge in [-0.1, -0.05) is 6.92 Å². The van der Waals surface area contributed by atoms with Crippen molar-refractivity contribution in [1.29, 1.82) is 0 Å². The number of aryl methyl sites for hydroxylation is 1. The quantitative estimate of drug-likeness (QED) is 0.869. The molecule has 0 unspecified atom stereocenters. The van der Waals surface area contributed by atoms with Crippen LogP contribution in [0.25, 0.3) is 0 Å². The van der Waals surface area contributed by atoms with Gasteiger partial charge in [0.2, 0.25) is 10.0 Å². The van der Waals surface area contributed by atoms with Gasteiger partial charge < -0.3 is 10.1 Å². The van der Waals surface area contributed by atoms with Gasteiger partial charge in [0.1, 0.15) is 5.75 Å². The number of hydrogen-bond acceptors (Lipinski definition) is 4. The van der Waals surface area contributed by atoms with Gasteiger partial charge in [0.25, 0.3) is 0 Å². The van der Waals surface area contributed by atoms with Crippen molar-refractivity contribution in [1.82, 2.24) is 9.62 Å². The minimum atomic E-state index is -3.40. The topological polar surface area (TPSA) is 58.6 Å². The summed E-state index contributed by atoms with van der Waals surface area (Å²) in [5.41, 5.74) is 0.839. The fourth-order valence-electron chi connectivity index (χ4n) is 2.86. The van der Waals surface area contributed by atoms with Gasteiger partial charge in [-0.3, -0.25) is 0 Å². The van der Waals surface area contributed by atoms with E-state index in [9.17, 15) is 8.42 Å². The molecule has 1 aliphatic heterocycles. The zero-order valence-corrected chi connectivity index (χ0v) is 14.4. The highest BCUT2D eigenvalue weighted by atomic mass is 32.2. The maximum atomic E-state index is 12.7. The minimum Gasteiger partial charge on any atom is -0.496 e. The van der Waals surface area contributed by atoms with Gasteiger partial charge >= 0.3 is 0 Å². The molecule has 1 aromatic rings. The van der Waals surface area contributed by atoms with Crippen LogP contribution in [0.5, 0.6) is 5.75 Å². The summed E-state index contributed by atoms with van der Waals surface area (Å²) in [5, 5.41) is 3.34. The first-order valence-electron chi connectivity index (χ1n) is 7.84. The Balaban J connectivity index is 2.07. The molecule has 6 heteroatoms. The highest BCUT2D eigenvalue weighted by Crippen LogP contribution is 2.26. The van der Waals surface area contributed by atoms with Crippen LogP contribution in [-0.4, -0.2) is 46.0 Å². The molecule has 0 aliphatic carbocycles. The number of nitrogens with zero attached hydrogens (tertiary/aromatic N) is 1. The van der Waals surface area contributed by atoms with Crippen LogP contribution in [0.15, 0.2) is 23.1 Å². The van der Waals surface area contributed by atoms with E-state index in [0.29, 0.717) is 29.7 Å². The van der Waals surface area contributed by atoms with Crippen LogP contribution in [0.2, 0.25) is 0 Å². The molecule has 124 valence electrons. The Bertz CT molecular complexity index is 593. The summed E-state index contributed by atoms with van der Waals surface area (Å²) in [6.07, 6.45) is 1.84. The number of hydrogen-bond donors (Lipinski definition) is 1. The second-order valence-corrected chi connectivity index (χ2v) is 7.72. The van der Waals surface area contributed by atoms with E-state index in [1.54, 1.807) is 29.6 Å². The average Bonchev–Trinajstić information content (AvgIpc) is 2.53. The van der Waals surface area contributed by atoms with Crippen molar-refractivity contribution in [3.63, 3.8) is 0 Å². The van der Waals surface area contributed by atoms with E-state index < -0.39 is 10.0 Å². The molecule has 0 bridgehead atoms. The summed E-state index contributed by atoms with van der Waals surface area (Å²) >= 11 is 0. The van der Waals surface area contributed by atoms with E-state index in [1.165, 1.54) is 0 Å². The van der Waals surface area contributed by atoms with E-state index in [2.05, 4.69) is 12.2 Å². The highest BCUT2D eigenvalue weighted by molar-refractivity contribution is 7.89. The standard InChI is InChI=1S/C16H26N2O3S/c1-4-17-12-14-7-9-18(10-8-14)22(19,20)15-5-6-16(21-3)13(2)11-15/h5-6,11,14,17H,4,7-10,12H2,1-3H3. The normalized spacial score (nSPS) is 17.6. The van der Waals surface area contributed by atoms with Crippen molar-refractivity contribution in [3.05, 3.63) is 23.8 Å². The Hall–Kier alpha value is -1.11. The monoisotopic (exact) mass is 326 g/mol. The zero-order valence-electron chi connectivity index (χ0n) is 13.6.